The predicted octanol–water partition coefficient (Wildman–Crippen LogP) is 4.58. The van der Waals surface area contributed by atoms with Crippen LogP contribution in [0.1, 0.15) is 66.2 Å². The monoisotopic (exact) mass is 315 g/mol. The number of pyridine rings is 1. The molecule has 2 rings (SSSR count). The Morgan fingerprint density at radius 1 is 1.33 bits per heavy atom. The van der Waals surface area contributed by atoms with Crippen LogP contribution in [-0.4, -0.2) is 4.98 Å². The zero-order valence-electron chi connectivity index (χ0n) is 9.63. The third kappa shape index (κ3) is 2.52. The molecule has 0 aliphatic heterocycles. The van der Waals surface area contributed by atoms with Crippen LogP contribution in [0.3, 0.4) is 0 Å². The van der Waals surface area contributed by atoms with Crippen LogP contribution < -0.4 is 0 Å². The summed E-state index contributed by atoms with van der Waals surface area (Å²) in [7, 11) is 0. The first-order chi connectivity index (χ1) is 7.09. The van der Waals surface area contributed by atoms with E-state index in [1.165, 1.54) is 29.7 Å². The molecule has 1 aliphatic carbocycles. The smallest absolute Gasteiger partial charge is 0.0432 e. The molecule has 1 saturated carbocycles. The van der Waals surface area contributed by atoms with Crippen molar-refractivity contribution < 1.29 is 0 Å². The molecule has 0 saturated heterocycles. The van der Waals surface area contributed by atoms with Crippen molar-refractivity contribution >= 4 is 22.6 Å². The fourth-order valence-electron chi connectivity index (χ4n) is 1.89. The Bertz CT molecular complexity index is 354. The first-order valence-electron chi connectivity index (χ1n) is 5.73. The van der Waals surface area contributed by atoms with Crippen LogP contribution in [0.2, 0.25) is 0 Å². The van der Waals surface area contributed by atoms with Gasteiger partial charge >= 0.3 is 0 Å². The van der Waals surface area contributed by atoms with E-state index in [1.54, 1.807) is 0 Å². The summed E-state index contributed by atoms with van der Waals surface area (Å²) in [6, 6.07) is 2.31. The minimum atomic E-state index is 0.534. The van der Waals surface area contributed by atoms with Crippen molar-refractivity contribution in [2.24, 2.45) is 0 Å². The van der Waals surface area contributed by atoms with Gasteiger partial charge in [-0.3, -0.25) is 4.98 Å². The van der Waals surface area contributed by atoms with Gasteiger partial charge < -0.3 is 0 Å². The Balaban J connectivity index is 2.39. The van der Waals surface area contributed by atoms with Gasteiger partial charge in [-0.15, -0.1) is 0 Å². The van der Waals surface area contributed by atoms with Gasteiger partial charge in [-0.1, -0.05) is 36.4 Å². The molecule has 1 aromatic rings. The van der Waals surface area contributed by atoms with E-state index in [0.717, 1.165) is 5.92 Å². The number of alkyl halides is 1. The highest BCUT2D eigenvalue weighted by molar-refractivity contribution is 14.1. The van der Waals surface area contributed by atoms with E-state index in [-0.39, 0.29) is 0 Å². The number of nitrogens with zero attached hydrogens (tertiary/aromatic N) is 1. The lowest BCUT2D eigenvalue weighted by atomic mass is 10.00. The Morgan fingerprint density at radius 3 is 2.47 bits per heavy atom. The topological polar surface area (TPSA) is 12.9 Å². The maximum Gasteiger partial charge on any atom is 0.0432 e. The largest absolute Gasteiger partial charge is 0.261 e. The Kier molecular flexibility index (Phi) is 3.33. The summed E-state index contributed by atoms with van der Waals surface area (Å²) >= 11 is 2.51. The first kappa shape index (κ1) is 11.4. The van der Waals surface area contributed by atoms with E-state index in [0.29, 0.717) is 9.84 Å². The van der Waals surface area contributed by atoms with Crippen molar-refractivity contribution in [2.45, 2.75) is 49.4 Å². The maximum absolute atomic E-state index is 4.58. The molecule has 1 atom stereocenters. The average molecular weight is 315 g/mol. The van der Waals surface area contributed by atoms with E-state index in [4.69, 9.17) is 0 Å². The van der Waals surface area contributed by atoms with E-state index < -0.39 is 0 Å². The van der Waals surface area contributed by atoms with Crippen LogP contribution in [0.5, 0.6) is 0 Å². The van der Waals surface area contributed by atoms with Crippen LogP contribution in [0.4, 0.5) is 0 Å². The molecule has 1 unspecified atom stereocenters. The minimum absolute atomic E-state index is 0.534. The van der Waals surface area contributed by atoms with Crippen LogP contribution >= 0.6 is 22.6 Å². The Labute approximate surface area is 106 Å². The zero-order chi connectivity index (χ0) is 11.0. The molecule has 0 spiro atoms. The quantitative estimate of drug-likeness (QED) is 0.588. The number of aromatic nitrogens is 1. The van der Waals surface area contributed by atoms with E-state index in [1.807, 2.05) is 0 Å². The summed E-state index contributed by atoms with van der Waals surface area (Å²) in [5.74, 6) is 1.35. The first-order valence-corrected chi connectivity index (χ1v) is 6.98. The van der Waals surface area contributed by atoms with Crippen LogP contribution in [0.25, 0.3) is 0 Å². The van der Waals surface area contributed by atoms with Crippen molar-refractivity contribution in [3.05, 3.63) is 29.1 Å². The highest BCUT2D eigenvalue weighted by atomic mass is 127. The molecular formula is C13H18IN. The van der Waals surface area contributed by atoms with Crippen LogP contribution in [-0.2, 0) is 0 Å². The second-order valence-electron chi connectivity index (χ2n) is 4.78. The molecule has 2 heteroatoms. The maximum atomic E-state index is 4.58. The molecule has 1 nitrogen and oxygen atoms in total. The van der Waals surface area contributed by atoms with Crippen LogP contribution in [0.15, 0.2) is 12.3 Å². The molecule has 0 radical (unpaired) electrons. The summed E-state index contributed by atoms with van der Waals surface area (Å²) in [5, 5.41) is 0. The Hall–Kier alpha value is -0.120. The van der Waals surface area contributed by atoms with E-state index >= 15 is 0 Å². The number of hydrogen-bond acceptors (Lipinski definition) is 1. The van der Waals surface area contributed by atoms with E-state index in [2.05, 4.69) is 60.6 Å². The lowest BCUT2D eigenvalue weighted by Gasteiger charge is -2.14. The van der Waals surface area contributed by atoms with Gasteiger partial charge in [-0.25, -0.2) is 0 Å². The van der Waals surface area contributed by atoms with Crippen molar-refractivity contribution in [1.29, 1.82) is 0 Å². The molecule has 0 N–H and O–H groups in total. The van der Waals surface area contributed by atoms with Gasteiger partial charge in [0.05, 0.1) is 0 Å². The van der Waals surface area contributed by atoms with Crippen molar-refractivity contribution in [1.82, 2.24) is 4.98 Å². The molecule has 1 aromatic heterocycles. The van der Waals surface area contributed by atoms with Gasteiger partial charge in [-0.2, -0.15) is 0 Å². The summed E-state index contributed by atoms with van der Waals surface area (Å²) < 4.78 is 0.596. The average Bonchev–Trinajstić information content (AvgIpc) is 2.99. The lowest BCUT2D eigenvalue weighted by Crippen LogP contribution is -2.00. The third-order valence-corrected chi connectivity index (χ3v) is 3.70. The molecular weight excluding hydrogens is 297 g/mol. The highest BCUT2D eigenvalue weighted by Gasteiger charge is 2.27. The number of hydrogen-bond donors (Lipinski definition) is 0. The summed E-state index contributed by atoms with van der Waals surface area (Å²) in [5.41, 5.74) is 4.25. The highest BCUT2D eigenvalue weighted by Crippen LogP contribution is 2.44. The zero-order valence-corrected chi connectivity index (χ0v) is 11.8. The van der Waals surface area contributed by atoms with Gasteiger partial charge in [0.1, 0.15) is 0 Å². The fraction of sp³-hybridized carbons (Fsp3) is 0.615. The van der Waals surface area contributed by atoms with Crippen molar-refractivity contribution in [3.63, 3.8) is 0 Å². The lowest BCUT2D eigenvalue weighted by molar-refractivity contribution is 0.811. The fourth-order valence-corrected chi connectivity index (χ4v) is 2.43. The van der Waals surface area contributed by atoms with E-state index in [9.17, 15) is 0 Å². The minimum Gasteiger partial charge on any atom is -0.261 e. The third-order valence-electron chi connectivity index (χ3n) is 3.03. The summed E-state index contributed by atoms with van der Waals surface area (Å²) in [4.78, 5) is 4.58. The normalized spacial score (nSPS) is 18.2. The summed E-state index contributed by atoms with van der Waals surface area (Å²) in [6.45, 7) is 6.69. The summed E-state index contributed by atoms with van der Waals surface area (Å²) in [6.07, 6.45) is 4.84. The van der Waals surface area contributed by atoms with Crippen molar-refractivity contribution in [2.75, 3.05) is 0 Å². The van der Waals surface area contributed by atoms with Crippen LogP contribution in [0, 0.1) is 0 Å². The Morgan fingerprint density at radius 2 is 2.00 bits per heavy atom. The molecule has 1 fully saturated rings. The molecule has 0 amide bonds. The van der Waals surface area contributed by atoms with Gasteiger partial charge in [0, 0.05) is 15.8 Å². The second-order valence-corrected chi connectivity index (χ2v) is 6.65. The predicted molar refractivity (Wildman–Crippen MR) is 72.7 cm³/mol. The molecule has 0 aromatic carbocycles. The van der Waals surface area contributed by atoms with Gasteiger partial charge in [-0.05, 0) is 48.8 Å². The number of halogens is 1. The SMILES string of the molecule is CC(C)c1cc(C(C)I)c(C2CC2)cn1. The molecule has 1 heterocycles. The van der Waals surface area contributed by atoms with Gasteiger partial charge in [0.2, 0.25) is 0 Å². The molecule has 15 heavy (non-hydrogen) atoms. The van der Waals surface area contributed by atoms with Gasteiger partial charge in [0.25, 0.3) is 0 Å². The number of rotatable bonds is 3. The molecule has 0 bridgehead atoms. The molecule has 82 valence electrons. The second kappa shape index (κ2) is 4.40. The van der Waals surface area contributed by atoms with Gasteiger partial charge in [0.15, 0.2) is 0 Å². The van der Waals surface area contributed by atoms with Crippen molar-refractivity contribution in [3.8, 4) is 0 Å². The standard InChI is InChI=1S/C13H18IN/c1-8(2)13-6-11(9(3)14)12(7-15-13)10-4-5-10/h6-10H,4-5H2,1-3H3. The molecule has 1 aliphatic rings.